The molecule has 1 aromatic carbocycles. The lowest BCUT2D eigenvalue weighted by molar-refractivity contribution is -0.132. The maximum Gasteiger partial charge on any atom is 0.223 e. The molecule has 2 N–H and O–H groups in total. The third-order valence-electron chi connectivity index (χ3n) is 6.81. The number of rotatable bonds is 5. The number of piperidine rings is 1. The number of nitrogens with zero attached hydrogens (tertiary/aromatic N) is 4. The number of carbonyl (C=O) groups is 1. The predicted octanol–water partition coefficient (Wildman–Crippen LogP) is 3.58. The number of pyridine rings is 2. The average Bonchev–Trinajstić information content (AvgIpc) is 3.21. The van der Waals surface area contributed by atoms with Crippen LogP contribution in [0.1, 0.15) is 25.0 Å². The molecule has 1 fully saturated rings. The molecule has 0 atom stereocenters. The number of aromatic nitrogens is 2. The molecule has 5 rings (SSSR count). The van der Waals surface area contributed by atoms with Crippen LogP contribution >= 0.6 is 0 Å². The summed E-state index contributed by atoms with van der Waals surface area (Å²) in [5.74, 6) is 0.183. The molecule has 0 saturated carbocycles. The fraction of sp³-hybridized carbons (Fsp3) is 0.346. The van der Waals surface area contributed by atoms with Gasteiger partial charge in [0.25, 0.3) is 0 Å². The number of nitrogens with two attached hydrogens (primary N) is 1. The van der Waals surface area contributed by atoms with Crippen LogP contribution in [0, 0.1) is 5.41 Å². The molecule has 6 nitrogen and oxygen atoms in total. The van der Waals surface area contributed by atoms with Gasteiger partial charge in [0.15, 0.2) is 0 Å². The second-order valence-corrected chi connectivity index (χ2v) is 8.91. The maximum atomic E-state index is 12.2. The van der Waals surface area contributed by atoms with Gasteiger partial charge in [-0.25, -0.2) is 0 Å². The largest absolute Gasteiger partial charge is 0.371 e. The van der Waals surface area contributed by atoms with E-state index in [0.29, 0.717) is 13.0 Å². The molecule has 32 heavy (non-hydrogen) atoms. The molecule has 1 spiro atoms. The van der Waals surface area contributed by atoms with Crippen molar-refractivity contribution in [1.29, 1.82) is 0 Å². The summed E-state index contributed by atoms with van der Waals surface area (Å²) in [6.07, 6.45) is 12.7. The summed E-state index contributed by atoms with van der Waals surface area (Å²) in [4.78, 5) is 25.7. The zero-order valence-corrected chi connectivity index (χ0v) is 18.3. The summed E-state index contributed by atoms with van der Waals surface area (Å²) >= 11 is 0. The summed E-state index contributed by atoms with van der Waals surface area (Å²) in [6, 6.07) is 12.5. The van der Waals surface area contributed by atoms with E-state index in [-0.39, 0.29) is 11.3 Å². The van der Waals surface area contributed by atoms with Crippen LogP contribution in [-0.2, 0) is 11.3 Å². The summed E-state index contributed by atoms with van der Waals surface area (Å²) in [6.45, 7) is 3.76. The van der Waals surface area contributed by atoms with E-state index >= 15 is 0 Å². The Morgan fingerprint density at radius 3 is 2.72 bits per heavy atom. The number of hydrogen-bond acceptors (Lipinski definition) is 5. The Morgan fingerprint density at radius 1 is 1.09 bits per heavy atom. The van der Waals surface area contributed by atoms with Crippen LogP contribution in [0.2, 0.25) is 0 Å². The van der Waals surface area contributed by atoms with Crippen LogP contribution in [0.5, 0.6) is 0 Å². The van der Waals surface area contributed by atoms with Gasteiger partial charge in [0.05, 0.1) is 12.2 Å². The quantitative estimate of drug-likeness (QED) is 0.674. The minimum Gasteiger partial charge on any atom is -0.371 e. The summed E-state index contributed by atoms with van der Waals surface area (Å²) in [5, 5.41) is 2.34. The lowest BCUT2D eigenvalue weighted by Crippen LogP contribution is -2.44. The van der Waals surface area contributed by atoms with Gasteiger partial charge in [-0.05, 0) is 30.5 Å². The van der Waals surface area contributed by atoms with Crippen LogP contribution in [0.25, 0.3) is 21.9 Å². The van der Waals surface area contributed by atoms with E-state index in [1.165, 1.54) is 5.39 Å². The van der Waals surface area contributed by atoms with E-state index in [9.17, 15) is 4.79 Å². The van der Waals surface area contributed by atoms with Crippen LogP contribution < -0.4 is 5.73 Å². The van der Waals surface area contributed by atoms with E-state index in [2.05, 4.69) is 46.4 Å². The standard InChI is InChI=1S/C26H29N5O/c27-11-7-24(32)31-14-9-26(10-15-31)8-13-30(19-26)18-23-25(21-5-3-12-28-16-21)22-6-2-1-4-20(22)17-29-23/h1-6,8,12-13,16-17H,7,9-11,14-15,18-19,27H2. The first-order chi connectivity index (χ1) is 15.7. The normalized spacial score (nSPS) is 17.4. The highest BCUT2D eigenvalue weighted by Crippen LogP contribution is 2.39. The highest BCUT2D eigenvalue weighted by Gasteiger charge is 2.38. The number of carbonyl (C=O) groups excluding carboxylic acids is 1. The zero-order chi connectivity index (χ0) is 22.0. The Kier molecular flexibility index (Phi) is 5.62. The number of amides is 1. The van der Waals surface area contributed by atoms with Gasteiger partial charge in [-0.2, -0.15) is 0 Å². The van der Waals surface area contributed by atoms with Gasteiger partial charge >= 0.3 is 0 Å². The van der Waals surface area contributed by atoms with Gasteiger partial charge in [0.2, 0.25) is 5.91 Å². The number of benzene rings is 1. The Morgan fingerprint density at radius 2 is 1.94 bits per heavy atom. The fourth-order valence-electron chi connectivity index (χ4n) is 5.04. The maximum absolute atomic E-state index is 12.2. The second-order valence-electron chi connectivity index (χ2n) is 8.91. The highest BCUT2D eigenvalue weighted by molar-refractivity contribution is 5.97. The van der Waals surface area contributed by atoms with Gasteiger partial charge in [0.1, 0.15) is 0 Å². The smallest absolute Gasteiger partial charge is 0.223 e. The Hall–Kier alpha value is -3.25. The van der Waals surface area contributed by atoms with Crippen molar-refractivity contribution in [2.75, 3.05) is 26.2 Å². The summed E-state index contributed by atoms with van der Waals surface area (Å²) < 4.78 is 0. The minimum absolute atomic E-state index is 0.144. The molecule has 0 radical (unpaired) electrons. The molecule has 0 bridgehead atoms. The molecule has 6 heteroatoms. The van der Waals surface area contributed by atoms with Crippen LogP contribution in [-0.4, -0.2) is 51.9 Å². The molecule has 164 valence electrons. The Labute approximate surface area is 188 Å². The molecule has 4 heterocycles. The van der Waals surface area contributed by atoms with Crippen molar-refractivity contribution in [3.63, 3.8) is 0 Å². The second kappa shape index (κ2) is 8.71. The van der Waals surface area contributed by atoms with Crippen LogP contribution in [0.15, 0.2) is 67.3 Å². The topological polar surface area (TPSA) is 75.4 Å². The Balaban J connectivity index is 1.36. The third kappa shape index (κ3) is 3.98. The van der Waals surface area contributed by atoms with Gasteiger partial charge in [-0.1, -0.05) is 36.4 Å². The molecule has 3 aromatic rings. The van der Waals surface area contributed by atoms with Crippen molar-refractivity contribution in [3.8, 4) is 11.1 Å². The van der Waals surface area contributed by atoms with Crippen molar-refractivity contribution in [1.82, 2.24) is 19.8 Å². The number of hydrogen-bond donors (Lipinski definition) is 1. The van der Waals surface area contributed by atoms with Crippen LogP contribution in [0.4, 0.5) is 0 Å². The van der Waals surface area contributed by atoms with Gasteiger partial charge < -0.3 is 15.5 Å². The van der Waals surface area contributed by atoms with Gasteiger partial charge in [-0.15, -0.1) is 0 Å². The molecule has 1 saturated heterocycles. The van der Waals surface area contributed by atoms with Gasteiger partial charge in [0, 0.05) is 73.1 Å². The van der Waals surface area contributed by atoms with Gasteiger partial charge in [-0.3, -0.25) is 14.8 Å². The molecule has 2 aliphatic rings. The Bertz CT molecular complexity index is 1140. The van der Waals surface area contributed by atoms with E-state index in [0.717, 1.165) is 61.2 Å². The molecule has 2 aliphatic heterocycles. The van der Waals surface area contributed by atoms with Crippen molar-refractivity contribution in [2.24, 2.45) is 11.1 Å². The van der Waals surface area contributed by atoms with Crippen molar-refractivity contribution < 1.29 is 4.79 Å². The van der Waals surface area contributed by atoms with Crippen molar-refractivity contribution in [2.45, 2.75) is 25.8 Å². The zero-order valence-electron chi connectivity index (χ0n) is 18.3. The van der Waals surface area contributed by atoms with Crippen molar-refractivity contribution in [3.05, 3.63) is 73.0 Å². The minimum atomic E-state index is 0.144. The summed E-state index contributed by atoms with van der Waals surface area (Å²) in [5.41, 5.74) is 9.02. The lowest BCUT2D eigenvalue weighted by Gasteiger charge is -2.39. The molecular formula is C26H29N5O. The first-order valence-corrected chi connectivity index (χ1v) is 11.4. The molecule has 2 aromatic heterocycles. The van der Waals surface area contributed by atoms with Crippen molar-refractivity contribution >= 4 is 16.7 Å². The highest BCUT2D eigenvalue weighted by atomic mass is 16.2. The average molecular weight is 428 g/mol. The predicted molar refractivity (Wildman–Crippen MR) is 126 cm³/mol. The molecule has 0 aliphatic carbocycles. The third-order valence-corrected chi connectivity index (χ3v) is 6.81. The number of fused-ring (bicyclic) bond motifs is 1. The lowest BCUT2D eigenvalue weighted by atomic mass is 9.79. The van der Waals surface area contributed by atoms with Crippen LogP contribution in [0.3, 0.4) is 0 Å². The first kappa shape index (κ1) is 20.6. The first-order valence-electron chi connectivity index (χ1n) is 11.4. The van der Waals surface area contributed by atoms with E-state index in [1.54, 1.807) is 6.20 Å². The van der Waals surface area contributed by atoms with E-state index in [4.69, 9.17) is 10.7 Å². The molecule has 1 amide bonds. The van der Waals surface area contributed by atoms with E-state index < -0.39 is 0 Å². The summed E-state index contributed by atoms with van der Waals surface area (Å²) in [7, 11) is 0. The number of likely N-dealkylation sites (tertiary alicyclic amines) is 1. The van der Waals surface area contributed by atoms with E-state index in [1.807, 2.05) is 29.4 Å². The monoisotopic (exact) mass is 427 g/mol. The molecule has 0 unspecified atom stereocenters. The molecular weight excluding hydrogens is 398 g/mol. The fourth-order valence-corrected chi connectivity index (χ4v) is 5.04. The SMILES string of the molecule is NCCC(=O)N1CCC2(C=CN(Cc3ncc4ccccc4c3-c3cccnc3)C2)CC1.